The molecule has 14 heteroatoms. The Hall–Kier alpha value is -1.87. The van der Waals surface area contributed by atoms with Crippen LogP contribution in [0.5, 0.6) is 0 Å². The number of nitrogens with zero attached hydrogens (tertiary/aromatic N) is 2. The van der Waals surface area contributed by atoms with Gasteiger partial charge in [0.15, 0.2) is 6.23 Å². The zero-order chi connectivity index (χ0) is 31.4. The van der Waals surface area contributed by atoms with E-state index in [0.717, 1.165) is 25.8 Å². The van der Waals surface area contributed by atoms with E-state index < -0.39 is 35.8 Å². The van der Waals surface area contributed by atoms with Gasteiger partial charge < -0.3 is 34.7 Å². The van der Waals surface area contributed by atoms with Gasteiger partial charge in [0, 0.05) is 18.9 Å². The van der Waals surface area contributed by atoms with Gasteiger partial charge in [0.1, 0.15) is 12.2 Å². The Balaban J connectivity index is 0.00000142. The summed E-state index contributed by atoms with van der Waals surface area (Å²) in [5.41, 5.74) is 1.62. The topological polar surface area (TPSA) is 175 Å². The number of unbranched alkanes of at least 4 members (excludes halogenated alkanes) is 1. The smallest absolute Gasteiger partial charge is 0.333 e. The number of ether oxygens (including phenoxy) is 1. The largest absolute Gasteiger partial charge is 0.396 e. The lowest BCUT2D eigenvalue weighted by Crippen LogP contribution is -2.43. The van der Waals surface area contributed by atoms with Crippen LogP contribution in [-0.4, -0.2) is 64.1 Å². The van der Waals surface area contributed by atoms with Gasteiger partial charge in [-0.25, -0.2) is 4.79 Å². The third-order valence-electron chi connectivity index (χ3n) is 6.00. The molecule has 1 saturated heterocycles. The second-order valence-corrected chi connectivity index (χ2v) is 8.55. The highest BCUT2D eigenvalue weighted by atomic mass is 31.0. The summed E-state index contributed by atoms with van der Waals surface area (Å²) >= 11 is 0. The summed E-state index contributed by atoms with van der Waals surface area (Å²) in [5, 5.41) is 29.6. The molecule has 0 amide bonds. The van der Waals surface area contributed by atoms with Crippen LogP contribution in [0, 0.1) is 0 Å². The van der Waals surface area contributed by atoms with Crippen LogP contribution in [0.2, 0.25) is 0 Å². The zero-order valence-electron chi connectivity index (χ0n) is 23.2. The lowest BCUT2D eigenvalue weighted by atomic mass is 10.0. The van der Waals surface area contributed by atoms with Crippen LogP contribution in [-0.2, 0) is 11.3 Å². The summed E-state index contributed by atoms with van der Waals surface area (Å²) in [4.78, 5) is 46.2. The number of hydrogen-bond acceptors (Lipinski definition) is 9. The first-order chi connectivity index (χ1) is 19.9. The summed E-state index contributed by atoms with van der Waals surface area (Å²) in [6.45, 7) is 4.18. The first-order valence-electron chi connectivity index (χ1n) is 12.8. The molecule has 0 aliphatic carbocycles. The number of benzene rings is 2. The minimum absolute atomic E-state index is 0.0462. The zero-order valence-corrected chi connectivity index (χ0v) is 26.7. The van der Waals surface area contributed by atoms with Crippen LogP contribution in [0.25, 0.3) is 11.1 Å². The highest BCUT2D eigenvalue weighted by Gasteiger charge is 2.43. The summed E-state index contributed by atoms with van der Waals surface area (Å²) in [6.07, 6.45) is -0.547. The fourth-order valence-electron chi connectivity index (χ4n) is 3.86. The average Bonchev–Trinajstić information content (AvgIpc) is 3.31. The molecule has 0 bridgehead atoms. The molecule has 2 aromatic carbocycles. The van der Waals surface area contributed by atoms with E-state index >= 15 is 0 Å². The van der Waals surface area contributed by atoms with E-state index in [2.05, 4.69) is 13.8 Å². The van der Waals surface area contributed by atoms with E-state index in [0.29, 0.717) is 0 Å². The van der Waals surface area contributed by atoms with Crippen LogP contribution < -0.4 is 11.2 Å². The minimum Gasteiger partial charge on any atom is -0.396 e. The maximum absolute atomic E-state index is 13.1. The normalized spacial score (nSPS) is 18.7. The number of aromatic nitrogens is 2. The molecular weight excluding hydrogens is 589 g/mol. The van der Waals surface area contributed by atoms with Gasteiger partial charge in [-0.05, 0) is 57.6 Å². The van der Waals surface area contributed by atoms with Crippen molar-refractivity contribution in [2.45, 2.75) is 64.2 Å². The van der Waals surface area contributed by atoms with E-state index in [1.165, 1.54) is 53.5 Å². The monoisotopic (exact) mass is 632 g/mol. The molecule has 7 unspecified atom stereocenters. The molecule has 2 heterocycles. The Labute approximate surface area is 247 Å². The first kappa shape index (κ1) is 39.1. The highest BCUT2D eigenvalue weighted by Crippen LogP contribution is 2.29. The summed E-state index contributed by atoms with van der Waals surface area (Å²) in [5.74, 6) is 0. The molecule has 41 heavy (non-hydrogen) atoms. The average molecular weight is 633 g/mol. The van der Waals surface area contributed by atoms with Crippen LogP contribution >= 0.6 is 28.4 Å². The fourth-order valence-corrected chi connectivity index (χ4v) is 3.86. The Morgan fingerprint density at radius 1 is 0.805 bits per heavy atom. The van der Waals surface area contributed by atoms with Crippen molar-refractivity contribution in [3.63, 3.8) is 0 Å². The highest BCUT2D eigenvalue weighted by molar-refractivity contribution is 7.08. The fraction of sp³-hybridized carbons (Fsp3) is 0.407. The second-order valence-electron chi connectivity index (χ2n) is 8.55. The molecule has 6 N–H and O–H groups in total. The van der Waals surface area contributed by atoms with Gasteiger partial charge in [-0.15, -0.1) is 0 Å². The van der Waals surface area contributed by atoms with E-state index in [1.807, 2.05) is 54.6 Å². The molecule has 4 rings (SSSR count). The molecule has 1 fully saturated rings. The van der Waals surface area contributed by atoms with Gasteiger partial charge in [-0.1, -0.05) is 75.2 Å². The van der Waals surface area contributed by atoms with Crippen LogP contribution in [0.1, 0.15) is 44.9 Å². The molecule has 230 valence electrons. The molecule has 7 atom stereocenters. The molecule has 1 aliphatic heterocycles. The SMILES string of the molecule is CCCC.O=c1ccn(C2OC(CCO)C(O)C2O)c(=O)n1Cc1cccc(-c2ccccc2)c1.OP.OP.OP. The quantitative estimate of drug-likeness (QED) is 0.213. The summed E-state index contributed by atoms with van der Waals surface area (Å²) in [7, 11) is 4.25. The first-order valence-corrected chi connectivity index (χ1v) is 14.3. The summed E-state index contributed by atoms with van der Waals surface area (Å²) in [6, 6.07) is 18.6. The van der Waals surface area contributed by atoms with E-state index in [-0.39, 0.29) is 19.6 Å². The maximum Gasteiger partial charge on any atom is 0.333 e. The molecule has 1 aliphatic rings. The van der Waals surface area contributed by atoms with Gasteiger partial charge in [0.25, 0.3) is 5.56 Å². The van der Waals surface area contributed by atoms with Crippen molar-refractivity contribution in [1.29, 1.82) is 0 Å². The molecule has 0 spiro atoms. The Kier molecular flexibility index (Phi) is 21.7. The third kappa shape index (κ3) is 11.7. The van der Waals surface area contributed by atoms with Gasteiger partial charge in [0.2, 0.25) is 0 Å². The van der Waals surface area contributed by atoms with Gasteiger partial charge in [0.05, 0.1) is 12.6 Å². The van der Waals surface area contributed by atoms with Crippen LogP contribution in [0.4, 0.5) is 0 Å². The molecule has 11 nitrogen and oxygen atoms in total. The van der Waals surface area contributed by atoms with Crippen molar-refractivity contribution in [3.8, 4) is 11.1 Å². The number of rotatable bonds is 7. The lowest BCUT2D eigenvalue weighted by Gasteiger charge is -2.19. The molecule has 0 radical (unpaired) electrons. The van der Waals surface area contributed by atoms with Crippen molar-refractivity contribution in [3.05, 3.63) is 93.3 Å². The Morgan fingerprint density at radius 3 is 1.95 bits per heavy atom. The van der Waals surface area contributed by atoms with Crippen molar-refractivity contribution < 1.29 is 34.7 Å². The predicted molar refractivity (Wildman–Crippen MR) is 170 cm³/mol. The molecular formula is C27H43N2O9P3. The number of aliphatic hydroxyl groups excluding tert-OH is 3. The Morgan fingerprint density at radius 2 is 1.39 bits per heavy atom. The molecule has 3 aromatic rings. The summed E-state index contributed by atoms with van der Waals surface area (Å²) < 4.78 is 7.77. The van der Waals surface area contributed by atoms with Crippen molar-refractivity contribution in [2.75, 3.05) is 6.61 Å². The number of aliphatic hydroxyl groups is 3. The lowest BCUT2D eigenvalue weighted by molar-refractivity contribution is -0.0458. The van der Waals surface area contributed by atoms with Crippen molar-refractivity contribution in [2.24, 2.45) is 0 Å². The second kappa shape index (κ2) is 22.7. The van der Waals surface area contributed by atoms with Crippen molar-refractivity contribution >= 4 is 28.4 Å². The Bertz CT molecular complexity index is 1210. The standard InChI is InChI=1S/C23H24N2O6.C4H10.3H3OP/c26-12-10-18-20(28)21(29)22(31-18)24-11-9-19(27)25(23(24)30)14-15-5-4-8-17(13-15)16-6-2-1-3-7-16;1-3-4-2;3*1-2/h1-9,11,13,18,20-22,26,28-29H,10,12,14H2;3-4H2,1-2H3;3*1H,2H2. The molecule has 0 saturated carbocycles. The molecule has 1 aromatic heterocycles. The number of hydrogen-bond donors (Lipinski definition) is 6. The van der Waals surface area contributed by atoms with Gasteiger partial charge in [-0.2, -0.15) is 0 Å². The predicted octanol–water partition coefficient (Wildman–Crippen LogP) is 1.84. The van der Waals surface area contributed by atoms with E-state index in [4.69, 9.17) is 24.5 Å². The van der Waals surface area contributed by atoms with E-state index in [9.17, 15) is 19.8 Å². The third-order valence-corrected chi connectivity index (χ3v) is 6.00. The maximum atomic E-state index is 13.1. The van der Waals surface area contributed by atoms with E-state index in [1.54, 1.807) is 0 Å². The van der Waals surface area contributed by atoms with Crippen molar-refractivity contribution in [1.82, 2.24) is 9.13 Å². The van der Waals surface area contributed by atoms with Crippen LogP contribution in [0.3, 0.4) is 0 Å². The van der Waals surface area contributed by atoms with Crippen LogP contribution in [0.15, 0.2) is 76.4 Å². The van der Waals surface area contributed by atoms with Gasteiger partial charge in [-0.3, -0.25) is 13.9 Å². The minimum atomic E-state index is -1.36. The van der Waals surface area contributed by atoms with Gasteiger partial charge >= 0.3 is 5.69 Å².